The van der Waals surface area contributed by atoms with Gasteiger partial charge in [-0.2, -0.15) is 0 Å². The van der Waals surface area contributed by atoms with Gasteiger partial charge in [-0.25, -0.2) is 12.7 Å². The smallest absolute Gasteiger partial charge is 0.225 e. The molecule has 2 aliphatic heterocycles. The fraction of sp³-hybridized carbons (Fsp3) is 0.667. The van der Waals surface area contributed by atoms with Gasteiger partial charge in [0.15, 0.2) is 0 Å². The molecule has 8 nitrogen and oxygen atoms in total. The highest BCUT2D eigenvalue weighted by molar-refractivity contribution is 7.88. The van der Waals surface area contributed by atoms with E-state index in [1.54, 1.807) is 7.05 Å². The van der Waals surface area contributed by atoms with E-state index in [9.17, 15) is 18.3 Å². The Morgan fingerprint density at radius 1 is 1.13 bits per heavy atom. The minimum atomic E-state index is -3.38. The second-order valence-electron chi connectivity index (χ2n) is 8.71. The van der Waals surface area contributed by atoms with E-state index in [2.05, 4.69) is 41.4 Å². The number of anilines is 1. The number of hydrogen-bond donors (Lipinski definition) is 2. The molecule has 0 spiro atoms. The number of sulfonamides is 1. The van der Waals surface area contributed by atoms with Gasteiger partial charge >= 0.3 is 0 Å². The zero-order chi connectivity index (χ0) is 21.9. The zero-order valence-corrected chi connectivity index (χ0v) is 19.0. The number of carbonyl (C=O) groups is 1. The van der Waals surface area contributed by atoms with Crippen LogP contribution in [0.25, 0.3) is 0 Å². The lowest BCUT2D eigenvalue weighted by Crippen LogP contribution is -2.52. The molecule has 9 heteroatoms. The van der Waals surface area contributed by atoms with Gasteiger partial charge < -0.3 is 15.3 Å². The van der Waals surface area contributed by atoms with Gasteiger partial charge in [0.1, 0.15) is 0 Å². The molecule has 2 saturated heterocycles. The maximum atomic E-state index is 12.3. The molecule has 0 aromatic heterocycles. The van der Waals surface area contributed by atoms with Crippen molar-refractivity contribution >= 4 is 21.6 Å². The maximum absolute atomic E-state index is 12.3. The van der Waals surface area contributed by atoms with Crippen molar-refractivity contribution in [2.45, 2.75) is 25.4 Å². The third-order valence-electron chi connectivity index (χ3n) is 6.27. The molecule has 1 aromatic rings. The summed E-state index contributed by atoms with van der Waals surface area (Å²) in [7, 11) is -1.81. The third-order valence-corrected chi connectivity index (χ3v) is 7.54. The first kappa shape index (κ1) is 23.0. The van der Waals surface area contributed by atoms with Crippen LogP contribution >= 0.6 is 0 Å². The van der Waals surface area contributed by atoms with Crippen molar-refractivity contribution in [3.8, 4) is 0 Å². The molecule has 0 saturated carbocycles. The standard InChI is InChI=1S/C21H34N4O4S/c1-17-4-6-19(7-5-17)24-10-8-21(27,9-11-24)16-23-12-13-25(30(3,28)29)15-18(14-23)20(26)22-2/h4-7,18,27H,8-16H2,1-3H3,(H,22,26)/t18-/m0/s1. The number of hydrogen-bond acceptors (Lipinski definition) is 6. The lowest BCUT2D eigenvalue weighted by Gasteiger charge is -2.42. The summed E-state index contributed by atoms with van der Waals surface area (Å²) in [6.45, 7) is 5.49. The van der Waals surface area contributed by atoms with Crippen molar-refractivity contribution in [2.75, 3.05) is 64.0 Å². The molecule has 168 valence electrons. The van der Waals surface area contributed by atoms with Crippen LogP contribution in [0.15, 0.2) is 24.3 Å². The number of nitrogens with zero attached hydrogens (tertiary/aromatic N) is 3. The Labute approximate surface area is 179 Å². The van der Waals surface area contributed by atoms with Gasteiger partial charge in [-0.05, 0) is 31.9 Å². The minimum Gasteiger partial charge on any atom is -0.388 e. The van der Waals surface area contributed by atoms with Crippen LogP contribution in [0, 0.1) is 12.8 Å². The second-order valence-corrected chi connectivity index (χ2v) is 10.7. The Morgan fingerprint density at radius 2 is 1.77 bits per heavy atom. The van der Waals surface area contributed by atoms with Crippen molar-refractivity contribution < 1.29 is 18.3 Å². The SMILES string of the molecule is CNC(=O)[C@H]1CN(CC2(O)CCN(c3ccc(C)cc3)CC2)CCN(S(C)(=O)=O)C1. The van der Waals surface area contributed by atoms with E-state index in [0.717, 1.165) is 13.1 Å². The molecule has 1 aromatic carbocycles. The van der Waals surface area contributed by atoms with Crippen LogP contribution in [0.1, 0.15) is 18.4 Å². The highest BCUT2D eigenvalue weighted by Gasteiger charge is 2.37. The molecular formula is C21H34N4O4S. The topological polar surface area (TPSA) is 93.2 Å². The molecule has 1 atom stereocenters. The van der Waals surface area contributed by atoms with Crippen LogP contribution in [-0.4, -0.2) is 93.4 Å². The fourth-order valence-electron chi connectivity index (χ4n) is 4.38. The van der Waals surface area contributed by atoms with Gasteiger partial charge in [0, 0.05) is 58.5 Å². The largest absolute Gasteiger partial charge is 0.388 e. The molecule has 2 N–H and O–H groups in total. The predicted molar refractivity (Wildman–Crippen MR) is 118 cm³/mol. The molecule has 0 radical (unpaired) electrons. The molecule has 0 unspecified atom stereocenters. The summed E-state index contributed by atoms with van der Waals surface area (Å²) in [4.78, 5) is 16.6. The fourth-order valence-corrected chi connectivity index (χ4v) is 5.24. The first-order chi connectivity index (χ1) is 14.1. The monoisotopic (exact) mass is 438 g/mol. The van der Waals surface area contributed by atoms with Crippen LogP contribution < -0.4 is 10.2 Å². The van der Waals surface area contributed by atoms with Crippen molar-refractivity contribution in [3.05, 3.63) is 29.8 Å². The second kappa shape index (κ2) is 9.21. The third kappa shape index (κ3) is 5.72. The summed E-state index contributed by atoms with van der Waals surface area (Å²) >= 11 is 0. The number of carbonyl (C=O) groups excluding carboxylic acids is 1. The Kier molecular flexibility index (Phi) is 7.06. The first-order valence-corrected chi connectivity index (χ1v) is 12.4. The van der Waals surface area contributed by atoms with Crippen LogP contribution in [0.3, 0.4) is 0 Å². The molecule has 2 fully saturated rings. The number of aliphatic hydroxyl groups is 1. The Hall–Kier alpha value is -1.68. The van der Waals surface area contributed by atoms with Gasteiger partial charge in [-0.3, -0.25) is 9.69 Å². The van der Waals surface area contributed by atoms with Crippen molar-refractivity contribution in [1.82, 2.24) is 14.5 Å². The quantitative estimate of drug-likeness (QED) is 0.685. The molecule has 3 rings (SSSR count). The van der Waals surface area contributed by atoms with Gasteiger partial charge in [0.2, 0.25) is 15.9 Å². The average molecular weight is 439 g/mol. The Balaban J connectivity index is 1.64. The molecule has 0 bridgehead atoms. The van der Waals surface area contributed by atoms with E-state index in [4.69, 9.17) is 0 Å². The van der Waals surface area contributed by atoms with Crippen molar-refractivity contribution in [3.63, 3.8) is 0 Å². The molecule has 2 heterocycles. The van der Waals surface area contributed by atoms with Crippen LogP contribution in [0.5, 0.6) is 0 Å². The summed E-state index contributed by atoms with van der Waals surface area (Å²) in [6, 6.07) is 8.42. The van der Waals surface area contributed by atoms with Gasteiger partial charge in [0.25, 0.3) is 0 Å². The molecule has 0 aliphatic carbocycles. The highest BCUT2D eigenvalue weighted by atomic mass is 32.2. The number of β-amino-alcohol motifs (C(OH)–C–C–N with tert-alkyl or cyclic N) is 1. The van der Waals surface area contributed by atoms with Crippen molar-refractivity contribution in [1.29, 1.82) is 0 Å². The first-order valence-electron chi connectivity index (χ1n) is 10.5. The summed E-state index contributed by atoms with van der Waals surface area (Å²) in [5.41, 5.74) is 1.55. The summed E-state index contributed by atoms with van der Waals surface area (Å²) < 4.78 is 25.5. The molecule has 2 aliphatic rings. The van der Waals surface area contributed by atoms with E-state index >= 15 is 0 Å². The van der Waals surface area contributed by atoms with E-state index in [1.807, 2.05) is 4.90 Å². The Morgan fingerprint density at radius 3 is 2.33 bits per heavy atom. The Bertz CT molecular complexity index is 835. The maximum Gasteiger partial charge on any atom is 0.225 e. The van der Waals surface area contributed by atoms with Gasteiger partial charge in [-0.1, -0.05) is 17.7 Å². The van der Waals surface area contributed by atoms with Crippen LogP contribution in [-0.2, 0) is 14.8 Å². The van der Waals surface area contributed by atoms with Gasteiger partial charge in [0.05, 0.1) is 17.8 Å². The van der Waals surface area contributed by atoms with E-state index in [-0.39, 0.29) is 12.5 Å². The highest BCUT2D eigenvalue weighted by Crippen LogP contribution is 2.28. The lowest BCUT2D eigenvalue weighted by atomic mass is 9.90. The molecule has 1 amide bonds. The van der Waals surface area contributed by atoms with E-state index in [1.165, 1.54) is 21.8 Å². The normalized spacial score (nSPS) is 23.7. The predicted octanol–water partition coefficient (Wildman–Crippen LogP) is 0.266. The number of rotatable bonds is 5. The van der Waals surface area contributed by atoms with E-state index in [0.29, 0.717) is 39.0 Å². The number of piperidine rings is 1. The number of nitrogens with one attached hydrogen (secondary N) is 1. The average Bonchev–Trinajstić information content (AvgIpc) is 2.91. The number of aryl methyl sites for hydroxylation is 1. The zero-order valence-electron chi connectivity index (χ0n) is 18.2. The van der Waals surface area contributed by atoms with Crippen LogP contribution in [0.2, 0.25) is 0 Å². The summed E-state index contributed by atoms with van der Waals surface area (Å²) in [5.74, 6) is -0.625. The van der Waals surface area contributed by atoms with Crippen LogP contribution in [0.4, 0.5) is 5.69 Å². The summed E-state index contributed by atoms with van der Waals surface area (Å²) in [6.07, 6.45) is 2.45. The number of benzene rings is 1. The van der Waals surface area contributed by atoms with Crippen molar-refractivity contribution in [2.24, 2.45) is 5.92 Å². The van der Waals surface area contributed by atoms with E-state index < -0.39 is 21.5 Å². The minimum absolute atomic E-state index is 0.170. The number of amides is 1. The molecule has 30 heavy (non-hydrogen) atoms. The lowest BCUT2D eigenvalue weighted by molar-refractivity contribution is -0.125. The summed E-state index contributed by atoms with van der Waals surface area (Å²) in [5, 5.41) is 13.9. The molecular weight excluding hydrogens is 404 g/mol. The van der Waals surface area contributed by atoms with Gasteiger partial charge in [-0.15, -0.1) is 0 Å².